The predicted molar refractivity (Wildman–Crippen MR) is 56.5 cm³/mol. The summed E-state index contributed by atoms with van der Waals surface area (Å²) in [5.74, 6) is -0.610. The number of carboxylic acid groups (broad SMARTS) is 1. The van der Waals surface area contributed by atoms with Crippen molar-refractivity contribution in [3.63, 3.8) is 0 Å². The number of hydrogen-bond acceptors (Lipinski definition) is 3. The number of carboxylic acids is 1. The SMILES string of the molecule is COc1ncc(Cl)cc1C(C)CC(=O)O. The van der Waals surface area contributed by atoms with Gasteiger partial charge in [0.15, 0.2) is 0 Å². The van der Waals surface area contributed by atoms with Crippen LogP contribution < -0.4 is 4.74 Å². The zero-order chi connectivity index (χ0) is 11.4. The van der Waals surface area contributed by atoms with E-state index in [4.69, 9.17) is 21.4 Å². The smallest absolute Gasteiger partial charge is 0.303 e. The van der Waals surface area contributed by atoms with Gasteiger partial charge in [-0.25, -0.2) is 4.98 Å². The van der Waals surface area contributed by atoms with Gasteiger partial charge in [0.05, 0.1) is 18.6 Å². The highest BCUT2D eigenvalue weighted by molar-refractivity contribution is 6.30. The van der Waals surface area contributed by atoms with Crippen molar-refractivity contribution in [2.45, 2.75) is 19.3 Å². The minimum atomic E-state index is -0.857. The summed E-state index contributed by atoms with van der Waals surface area (Å²) < 4.78 is 5.04. The van der Waals surface area contributed by atoms with Gasteiger partial charge >= 0.3 is 5.97 Å². The second-order valence-corrected chi connectivity index (χ2v) is 3.69. The lowest BCUT2D eigenvalue weighted by Crippen LogP contribution is -2.05. The van der Waals surface area contributed by atoms with Crippen molar-refractivity contribution in [1.82, 2.24) is 4.98 Å². The van der Waals surface area contributed by atoms with E-state index >= 15 is 0 Å². The van der Waals surface area contributed by atoms with Crippen LogP contribution >= 0.6 is 11.6 Å². The van der Waals surface area contributed by atoms with Gasteiger partial charge in [-0.05, 0) is 12.0 Å². The molecule has 5 heteroatoms. The minimum absolute atomic E-state index is 0.0262. The van der Waals surface area contributed by atoms with Crippen molar-refractivity contribution >= 4 is 17.6 Å². The molecule has 1 aromatic rings. The van der Waals surface area contributed by atoms with E-state index in [0.29, 0.717) is 16.5 Å². The molecule has 1 aromatic heterocycles. The Balaban J connectivity index is 2.99. The Labute approximate surface area is 92.8 Å². The number of carbonyl (C=O) groups is 1. The van der Waals surface area contributed by atoms with E-state index in [1.807, 2.05) is 0 Å². The van der Waals surface area contributed by atoms with E-state index in [-0.39, 0.29) is 12.3 Å². The van der Waals surface area contributed by atoms with Crippen molar-refractivity contribution in [3.8, 4) is 5.88 Å². The van der Waals surface area contributed by atoms with E-state index < -0.39 is 5.97 Å². The van der Waals surface area contributed by atoms with E-state index in [1.54, 1.807) is 13.0 Å². The summed E-state index contributed by atoms with van der Waals surface area (Å²) in [6.45, 7) is 1.80. The normalized spacial score (nSPS) is 12.2. The third-order valence-electron chi connectivity index (χ3n) is 2.05. The highest BCUT2D eigenvalue weighted by atomic mass is 35.5. The lowest BCUT2D eigenvalue weighted by atomic mass is 9.99. The number of rotatable bonds is 4. The van der Waals surface area contributed by atoms with Gasteiger partial charge in [0.2, 0.25) is 5.88 Å². The molecule has 0 aromatic carbocycles. The van der Waals surface area contributed by atoms with Gasteiger partial charge < -0.3 is 9.84 Å². The molecule has 0 radical (unpaired) electrons. The first-order valence-electron chi connectivity index (χ1n) is 4.45. The Morgan fingerprint density at radius 1 is 1.73 bits per heavy atom. The van der Waals surface area contributed by atoms with Crippen LogP contribution in [0.15, 0.2) is 12.3 Å². The lowest BCUT2D eigenvalue weighted by Gasteiger charge is -2.12. The molecule has 1 rings (SSSR count). The number of pyridine rings is 1. The molecule has 0 saturated heterocycles. The van der Waals surface area contributed by atoms with Crippen LogP contribution in [-0.2, 0) is 4.79 Å². The average molecular weight is 230 g/mol. The van der Waals surface area contributed by atoms with Gasteiger partial charge in [-0.2, -0.15) is 0 Å². The molecule has 82 valence electrons. The first kappa shape index (κ1) is 11.8. The molecule has 0 aliphatic heterocycles. The van der Waals surface area contributed by atoms with Gasteiger partial charge in [-0.15, -0.1) is 0 Å². The molecule has 0 aliphatic carbocycles. The van der Waals surface area contributed by atoms with Crippen LogP contribution in [0.4, 0.5) is 0 Å². The molecule has 15 heavy (non-hydrogen) atoms. The highest BCUT2D eigenvalue weighted by Gasteiger charge is 2.16. The lowest BCUT2D eigenvalue weighted by molar-refractivity contribution is -0.137. The Morgan fingerprint density at radius 3 is 2.93 bits per heavy atom. The zero-order valence-corrected chi connectivity index (χ0v) is 9.28. The first-order chi connectivity index (χ1) is 7.04. The molecule has 0 bridgehead atoms. The molecule has 1 atom stereocenters. The molecular weight excluding hydrogens is 218 g/mol. The van der Waals surface area contributed by atoms with Gasteiger partial charge in [-0.3, -0.25) is 4.79 Å². The van der Waals surface area contributed by atoms with Crippen LogP contribution in [0.2, 0.25) is 5.02 Å². The number of ether oxygens (including phenoxy) is 1. The molecule has 0 fully saturated rings. The summed E-state index contributed by atoms with van der Waals surface area (Å²) in [5, 5.41) is 9.16. The number of halogens is 1. The Bertz CT molecular complexity index is 368. The first-order valence-corrected chi connectivity index (χ1v) is 4.83. The third-order valence-corrected chi connectivity index (χ3v) is 2.26. The van der Waals surface area contributed by atoms with E-state index in [0.717, 1.165) is 0 Å². The van der Waals surface area contributed by atoms with Gasteiger partial charge in [0.25, 0.3) is 0 Å². The summed E-state index contributed by atoms with van der Waals surface area (Å²) in [6, 6.07) is 1.68. The number of methoxy groups -OCH3 is 1. The predicted octanol–water partition coefficient (Wildman–Crippen LogP) is 2.32. The van der Waals surface area contributed by atoms with Crippen LogP contribution in [0.1, 0.15) is 24.8 Å². The van der Waals surface area contributed by atoms with Crippen molar-refractivity contribution in [1.29, 1.82) is 0 Å². The van der Waals surface area contributed by atoms with E-state index in [1.165, 1.54) is 13.3 Å². The van der Waals surface area contributed by atoms with Crippen LogP contribution in [0.5, 0.6) is 5.88 Å². The number of nitrogens with zero attached hydrogens (tertiary/aromatic N) is 1. The fourth-order valence-electron chi connectivity index (χ4n) is 1.34. The van der Waals surface area contributed by atoms with Crippen LogP contribution in [-0.4, -0.2) is 23.2 Å². The van der Waals surface area contributed by atoms with Gasteiger partial charge in [0, 0.05) is 11.8 Å². The van der Waals surface area contributed by atoms with Crippen molar-refractivity contribution in [3.05, 3.63) is 22.8 Å². The quantitative estimate of drug-likeness (QED) is 0.861. The molecular formula is C10H12ClNO3. The topological polar surface area (TPSA) is 59.4 Å². The largest absolute Gasteiger partial charge is 0.481 e. The summed E-state index contributed by atoms with van der Waals surface area (Å²) in [7, 11) is 1.49. The second-order valence-electron chi connectivity index (χ2n) is 3.25. The van der Waals surface area contributed by atoms with Gasteiger partial charge in [-0.1, -0.05) is 18.5 Å². The molecule has 1 heterocycles. The fourth-order valence-corrected chi connectivity index (χ4v) is 1.50. The Morgan fingerprint density at radius 2 is 2.40 bits per heavy atom. The maximum atomic E-state index is 10.6. The molecule has 4 nitrogen and oxygen atoms in total. The highest BCUT2D eigenvalue weighted by Crippen LogP contribution is 2.28. The van der Waals surface area contributed by atoms with Crippen molar-refractivity contribution < 1.29 is 14.6 Å². The number of aromatic nitrogens is 1. The molecule has 0 amide bonds. The molecule has 1 unspecified atom stereocenters. The van der Waals surface area contributed by atoms with Crippen LogP contribution in [0.25, 0.3) is 0 Å². The Kier molecular flexibility index (Phi) is 3.91. The molecule has 0 saturated carbocycles. The molecule has 0 spiro atoms. The maximum Gasteiger partial charge on any atom is 0.303 e. The minimum Gasteiger partial charge on any atom is -0.481 e. The summed E-state index contributed by atoms with van der Waals surface area (Å²) >= 11 is 5.79. The van der Waals surface area contributed by atoms with Crippen molar-refractivity contribution in [2.24, 2.45) is 0 Å². The maximum absolute atomic E-state index is 10.6. The molecule has 1 N–H and O–H groups in total. The van der Waals surface area contributed by atoms with Crippen LogP contribution in [0, 0.1) is 0 Å². The standard InChI is InChI=1S/C10H12ClNO3/c1-6(3-9(13)14)8-4-7(11)5-12-10(8)15-2/h4-6H,3H2,1-2H3,(H,13,14). The monoisotopic (exact) mass is 229 g/mol. The summed E-state index contributed by atoms with van der Waals surface area (Å²) in [5.41, 5.74) is 0.715. The number of aliphatic carboxylic acids is 1. The molecule has 0 aliphatic rings. The average Bonchev–Trinajstić information content (AvgIpc) is 2.16. The number of hydrogen-bond donors (Lipinski definition) is 1. The summed E-state index contributed by atoms with van der Waals surface area (Å²) in [4.78, 5) is 14.6. The van der Waals surface area contributed by atoms with Crippen molar-refractivity contribution in [2.75, 3.05) is 7.11 Å². The fraction of sp³-hybridized carbons (Fsp3) is 0.400. The second kappa shape index (κ2) is 4.98. The third kappa shape index (κ3) is 3.09. The Hall–Kier alpha value is -1.29. The van der Waals surface area contributed by atoms with E-state index in [9.17, 15) is 4.79 Å². The van der Waals surface area contributed by atoms with Gasteiger partial charge in [0.1, 0.15) is 0 Å². The van der Waals surface area contributed by atoms with Crippen LogP contribution in [0.3, 0.4) is 0 Å². The zero-order valence-electron chi connectivity index (χ0n) is 8.53. The summed E-state index contributed by atoms with van der Waals surface area (Å²) in [6.07, 6.45) is 1.50. The van der Waals surface area contributed by atoms with E-state index in [2.05, 4.69) is 4.98 Å².